The quantitative estimate of drug-likeness (QED) is 0.414. The largest absolute Gasteiger partial charge is 0.352 e. The summed E-state index contributed by atoms with van der Waals surface area (Å²) in [7, 11) is 0. The van der Waals surface area contributed by atoms with Crippen molar-refractivity contribution >= 4 is 17.7 Å². The minimum atomic E-state index is -0.577. The molecule has 4 N–H and O–H groups in total. The standard InChI is InChI=1S/C23H45N3O3/c1-16(2)17(15-23(6,7)8)20(28)26-18(11-10-14-25-21(24)29)19(27)12-9-13-22(3,4)5/h16-18H,9-15H2,1-8H3,(H,26,28)(H3,24,25,29). The lowest BCUT2D eigenvalue weighted by Crippen LogP contribution is -2.46. The molecule has 0 aliphatic carbocycles. The summed E-state index contributed by atoms with van der Waals surface area (Å²) in [6, 6.07) is -1.09. The molecule has 170 valence electrons. The predicted octanol–water partition coefficient (Wildman–Crippen LogP) is 4.41. The second-order valence-electron chi connectivity index (χ2n) is 11.0. The Morgan fingerprint density at radius 1 is 0.931 bits per heavy atom. The average molecular weight is 412 g/mol. The molecular formula is C23H45N3O3. The Morgan fingerprint density at radius 3 is 1.97 bits per heavy atom. The molecule has 0 aromatic rings. The number of nitrogens with one attached hydrogen (secondary N) is 2. The van der Waals surface area contributed by atoms with Crippen LogP contribution in [0.2, 0.25) is 0 Å². The summed E-state index contributed by atoms with van der Waals surface area (Å²) in [6.45, 7) is 17.3. The first-order chi connectivity index (χ1) is 13.1. The molecule has 0 aromatic carbocycles. The van der Waals surface area contributed by atoms with Crippen LogP contribution in [0.5, 0.6) is 0 Å². The zero-order valence-corrected chi connectivity index (χ0v) is 20.0. The van der Waals surface area contributed by atoms with Gasteiger partial charge in [-0.25, -0.2) is 4.79 Å². The van der Waals surface area contributed by atoms with E-state index in [1.165, 1.54) is 0 Å². The van der Waals surface area contributed by atoms with E-state index >= 15 is 0 Å². The number of nitrogens with two attached hydrogens (primary N) is 1. The van der Waals surface area contributed by atoms with E-state index < -0.39 is 12.1 Å². The number of ketones is 1. The number of carbonyl (C=O) groups is 3. The number of amides is 3. The van der Waals surface area contributed by atoms with Crippen molar-refractivity contribution in [3.63, 3.8) is 0 Å². The molecular weight excluding hydrogens is 366 g/mol. The highest BCUT2D eigenvalue weighted by Gasteiger charge is 2.30. The molecule has 0 radical (unpaired) electrons. The number of rotatable bonds is 12. The first kappa shape index (κ1) is 27.4. The van der Waals surface area contributed by atoms with Crippen LogP contribution in [-0.2, 0) is 9.59 Å². The first-order valence-electron chi connectivity index (χ1n) is 11.0. The minimum absolute atomic E-state index is 0.0316. The molecule has 0 saturated carbocycles. The summed E-state index contributed by atoms with van der Waals surface area (Å²) >= 11 is 0. The highest BCUT2D eigenvalue weighted by atomic mass is 16.2. The van der Waals surface area contributed by atoms with Crippen molar-refractivity contribution in [2.24, 2.45) is 28.4 Å². The first-order valence-corrected chi connectivity index (χ1v) is 11.0. The van der Waals surface area contributed by atoms with Crippen LogP contribution in [0.25, 0.3) is 0 Å². The van der Waals surface area contributed by atoms with Gasteiger partial charge in [0.2, 0.25) is 5.91 Å². The van der Waals surface area contributed by atoms with Gasteiger partial charge in [0.25, 0.3) is 0 Å². The third kappa shape index (κ3) is 14.1. The fourth-order valence-electron chi connectivity index (χ4n) is 3.37. The van der Waals surface area contributed by atoms with Crippen molar-refractivity contribution in [1.29, 1.82) is 0 Å². The van der Waals surface area contributed by atoms with Crippen molar-refractivity contribution in [1.82, 2.24) is 10.6 Å². The van der Waals surface area contributed by atoms with Crippen molar-refractivity contribution in [3.05, 3.63) is 0 Å². The van der Waals surface area contributed by atoms with E-state index in [4.69, 9.17) is 5.73 Å². The van der Waals surface area contributed by atoms with E-state index in [9.17, 15) is 14.4 Å². The molecule has 0 spiro atoms. The highest BCUT2D eigenvalue weighted by Crippen LogP contribution is 2.29. The number of urea groups is 1. The van der Waals surface area contributed by atoms with Crippen LogP contribution in [-0.4, -0.2) is 30.3 Å². The summed E-state index contributed by atoms with van der Waals surface area (Å²) < 4.78 is 0. The molecule has 29 heavy (non-hydrogen) atoms. The lowest BCUT2D eigenvalue weighted by atomic mass is 9.79. The van der Waals surface area contributed by atoms with Crippen LogP contribution in [0.15, 0.2) is 0 Å². The Balaban J connectivity index is 5.06. The van der Waals surface area contributed by atoms with E-state index in [1.807, 2.05) is 13.8 Å². The maximum Gasteiger partial charge on any atom is 0.312 e. The summed E-state index contributed by atoms with van der Waals surface area (Å²) in [5, 5.41) is 5.57. The Morgan fingerprint density at radius 2 is 1.52 bits per heavy atom. The molecule has 0 saturated heterocycles. The molecule has 0 bridgehead atoms. The van der Waals surface area contributed by atoms with Gasteiger partial charge < -0.3 is 16.4 Å². The van der Waals surface area contributed by atoms with Gasteiger partial charge in [0.1, 0.15) is 0 Å². The SMILES string of the molecule is CC(C)C(CC(C)(C)C)C(=O)NC(CCCNC(N)=O)C(=O)CCCC(C)(C)C. The lowest BCUT2D eigenvalue weighted by molar-refractivity contribution is -0.132. The number of carbonyl (C=O) groups excluding carboxylic acids is 3. The van der Waals surface area contributed by atoms with E-state index in [2.05, 4.69) is 52.2 Å². The molecule has 0 heterocycles. The van der Waals surface area contributed by atoms with Crippen molar-refractivity contribution < 1.29 is 14.4 Å². The van der Waals surface area contributed by atoms with Crippen LogP contribution >= 0.6 is 0 Å². The monoisotopic (exact) mass is 411 g/mol. The minimum Gasteiger partial charge on any atom is -0.352 e. The summed E-state index contributed by atoms with van der Waals surface area (Å²) in [6.07, 6.45) is 4.08. The van der Waals surface area contributed by atoms with Crippen LogP contribution < -0.4 is 16.4 Å². The zero-order chi connectivity index (χ0) is 22.8. The summed E-state index contributed by atoms with van der Waals surface area (Å²) in [5.74, 6) is 0.0814. The van der Waals surface area contributed by atoms with Gasteiger partial charge in [-0.1, -0.05) is 55.4 Å². The second kappa shape index (κ2) is 12.2. The van der Waals surface area contributed by atoms with Gasteiger partial charge in [0, 0.05) is 18.9 Å². The number of primary amides is 1. The molecule has 6 heteroatoms. The Kier molecular flexibility index (Phi) is 11.5. The van der Waals surface area contributed by atoms with Gasteiger partial charge in [-0.2, -0.15) is 0 Å². The average Bonchev–Trinajstić information content (AvgIpc) is 2.52. The maximum atomic E-state index is 13.0. The topological polar surface area (TPSA) is 101 Å². The van der Waals surface area contributed by atoms with E-state index in [-0.39, 0.29) is 34.4 Å². The highest BCUT2D eigenvalue weighted by molar-refractivity contribution is 5.89. The molecule has 0 rings (SSSR count). The van der Waals surface area contributed by atoms with Gasteiger partial charge in [0.05, 0.1) is 6.04 Å². The fraction of sp³-hybridized carbons (Fsp3) is 0.870. The molecule has 3 amide bonds. The van der Waals surface area contributed by atoms with Gasteiger partial charge >= 0.3 is 6.03 Å². The Labute approximate surface area is 178 Å². The van der Waals surface area contributed by atoms with Gasteiger partial charge in [-0.05, 0) is 48.9 Å². The summed E-state index contributed by atoms with van der Waals surface area (Å²) in [5.41, 5.74) is 5.31. The molecule has 0 aliphatic heterocycles. The van der Waals surface area contributed by atoms with Gasteiger partial charge in [-0.15, -0.1) is 0 Å². The van der Waals surface area contributed by atoms with Crippen molar-refractivity contribution in [2.45, 2.75) is 100.0 Å². The van der Waals surface area contributed by atoms with Crippen LogP contribution in [0.4, 0.5) is 4.79 Å². The summed E-state index contributed by atoms with van der Waals surface area (Å²) in [4.78, 5) is 36.7. The predicted molar refractivity (Wildman–Crippen MR) is 119 cm³/mol. The molecule has 2 unspecified atom stereocenters. The lowest BCUT2D eigenvalue weighted by Gasteiger charge is -2.29. The van der Waals surface area contributed by atoms with E-state index in [0.717, 1.165) is 19.3 Å². The molecule has 0 aromatic heterocycles. The molecule has 0 aliphatic rings. The third-order valence-corrected chi connectivity index (χ3v) is 5.00. The van der Waals surface area contributed by atoms with Crippen LogP contribution in [0.1, 0.15) is 93.9 Å². The van der Waals surface area contributed by atoms with Gasteiger partial charge in [0.15, 0.2) is 5.78 Å². The van der Waals surface area contributed by atoms with Gasteiger partial charge in [-0.3, -0.25) is 9.59 Å². The molecule has 2 atom stereocenters. The van der Waals surface area contributed by atoms with E-state index in [0.29, 0.717) is 25.8 Å². The third-order valence-electron chi connectivity index (χ3n) is 5.00. The normalized spacial score (nSPS) is 14.4. The number of hydrogen-bond acceptors (Lipinski definition) is 3. The second-order valence-corrected chi connectivity index (χ2v) is 11.0. The maximum absolute atomic E-state index is 13.0. The fourth-order valence-corrected chi connectivity index (χ4v) is 3.37. The smallest absolute Gasteiger partial charge is 0.312 e. The van der Waals surface area contributed by atoms with E-state index in [1.54, 1.807) is 0 Å². The van der Waals surface area contributed by atoms with Crippen molar-refractivity contribution in [3.8, 4) is 0 Å². The Hall–Kier alpha value is -1.59. The molecule has 0 fully saturated rings. The van der Waals surface area contributed by atoms with Crippen molar-refractivity contribution in [2.75, 3.05) is 6.54 Å². The number of Topliss-reactive ketones (excluding diaryl/α,β-unsaturated/α-hetero) is 1. The van der Waals surface area contributed by atoms with Crippen LogP contribution in [0, 0.1) is 22.7 Å². The van der Waals surface area contributed by atoms with Crippen LogP contribution in [0.3, 0.4) is 0 Å². The molecule has 6 nitrogen and oxygen atoms in total. The Bertz CT molecular complexity index is 530. The zero-order valence-electron chi connectivity index (χ0n) is 20.0. The number of hydrogen-bond donors (Lipinski definition) is 3.